The van der Waals surface area contributed by atoms with Crippen molar-refractivity contribution in [3.05, 3.63) is 0 Å². The zero-order valence-electron chi connectivity index (χ0n) is 12.4. The van der Waals surface area contributed by atoms with E-state index in [0.29, 0.717) is 13.2 Å². The van der Waals surface area contributed by atoms with Gasteiger partial charge in [-0.05, 0) is 25.7 Å². The molecule has 0 aromatic rings. The molecule has 112 valence electrons. The Hall–Kier alpha value is -0.650. The number of hydrogen-bond donors (Lipinski definition) is 1. The lowest BCUT2D eigenvalue weighted by Gasteiger charge is -2.40. The molecule has 1 atom stereocenters. The molecule has 0 radical (unpaired) electrons. The van der Waals surface area contributed by atoms with E-state index in [2.05, 4.69) is 19.2 Å². The van der Waals surface area contributed by atoms with Crippen LogP contribution >= 0.6 is 0 Å². The van der Waals surface area contributed by atoms with Gasteiger partial charge in [-0.15, -0.1) is 0 Å². The van der Waals surface area contributed by atoms with E-state index in [1.807, 2.05) is 0 Å². The second kappa shape index (κ2) is 8.51. The first-order valence-electron chi connectivity index (χ1n) is 7.15. The van der Waals surface area contributed by atoms with E-state index in [0.717, 1.165) is 32.3 Å². The number of carbonyl (C=O) groups excluding carboxylic acids is 1. The summed E-state index contributed by atoms with van der Waals surface area (Å²) < 4.78 is 16.0. The smallest absolute Gasteiger partial charge is 0.246 e. The number of ether oxygens (including phenoxy) is 3. The zero-order valence-corrected chi connectivity index (χ0v) is 12.4. The van der Waals surface area contributed by atoms with Crippen molar-refractivity contribution < 1.29 is 19.0 Å². The second-order valence-corrected chi connectivity index (χ2v) is 5.04. The van der Waals surface area contributed by atoms with Crippen molar-refractivity contribution in [2.45, 2.75) is 51.2 Å². The molecule has 1 N–H and O–H groups in total. The van der Waals surface area contributed by atoms with Crippen LogP contribution in [0.15, 0.2) is 0 Å². The predicted molar refractivity (Wildman–Crippen MR) is 73.1 cm³/mol. The first kappa shape index (κ1) is 16.4. The first-order chi connectivity index (χ1) is 9.15. The fraction of sp³-hybridized carbons (Fsp3) is 0.929. The minimum absolute atomic E-state index is 0.0518. The summed E-state index contributed by atoms with van der Waals surface area (Å²) in [4.78, 5) is 11.7. The summed E-state index contributed by atoms with van der Waals surface area (Å²) in [5.41, 5.74) is -0.0624. The molecule has 0 aromatic carbocycles. The Morgan fingerprint density at radius 2 is 2.11 bits per heavy atom. The van der Waals surface area contributed by atoms with Gasteiger partial charge in [0.25, 0.3) is 0 Å². The maximum absolute atomic E-state index is 11.7. The summed E-state index contributed by atoms with van der Waals surface area (Å²) in [5, 5.41) is 3.03. The van der Waals surface area contributed by atoms with Gasteiger partial charge in [-0.1, -0.05) is 13.8 Å². The Morgan fingerprint density at radius 3 is 2.74 bits per heavy atom. The lowest BCUT2D eigenvalue weighted by atomic mass is 9.86. The molecular weight excluding hydrogens is 246 g/mol. The standard InChI is InChI=1S/C14H27NO4/c1-4-14(5-2)10-12(6-7-19-14)15-13(16)11-18-9-8-17-3/h12H,4-11H2,1-3H3,(H,15,16). The van der Waals surface area contributed by atoms with Crippen molar-refractivity contribution in [2.24, 2.45) is 0 Å². The predicted octanol–water partition coefficient (Wildman–Crippen LogP) is 1.50. The third-order valence-electron chi connectivity index (χ3n) is 3.81. The monoisotopic (exact) mass is 273 g/mol. The van der Waals surface area contributed by atoms with Crippen LogP contribution in [-0.4, -0.2) is 51.1 Å². The van der Waals surface area contributed by atoms with Gasteiger partial charge in [0.1, 0.15) is 6.61 Å². The van der Waals surface area contributed by atoms with Crippen LogP contribution in [0.2, 0.25) is 0 Å². The molecule has 1 heterocycles. The molecule has 5 heteroatoms. The number of hydrogen-bond acceptors (Lipinski definition) is 4. The highest BCUT2D eigenvalue weighted by molar-refractivity contribution is 5.77. The third-order valence-corrected chi connectivity index (χ3v) is 3.81. The quantitative estimate of drug-likeness (QED) is 0.681. The summed E-state index contributed by atoms with van der Waals surface area (Å²) >= 11 is 0. The largest absolute Gasteiger partial charge is 0.382 e. The molecule has 0 aromatic heterocycles. The summed E-state index contributed by atoms with van der Waals surface area (Å²) in [6.45, 7) is 6.07. The van der Waals surface area contributed by atoms with E-state index in [4.69, 9.17) is 14.2 Å². The minimum atomic E-state index is -0.0624. The molecule has 1 saturated heterocycles. The molecule has 19 heavy (non-hydrogen) atoms. The highest BCUT2D eigenvalue weighted by Gasteiger charge is 2.34. The van der Waals surface area contributed by atoms with Gasteiger partial charge in [0.15, 0.2) is 0 Å². The average molecular weight is 273 g/mol. The molecule has 1 unspecified atom stereocenters. The molecule has 1 aliphatic heterocycles. The van der Waals surface area contributed by atoms with Crippen LogP contribution in [0.3, 0.4) is 0 Å². The highest BCUT2D eigenvalue weighted by Crippen LogP contribution is 2.31. The zero-order chi connectivity index (χ0) is 14.1. The summed E-state index contributed by atoms with van der Waals surface area (Å²) in [6.07, 6.45) is 3.75. The molecular formula is C14H27NO4. The van der Waals surface area contributed by atoms with Gasteiger partial charge in [-0.25, -0.2) is 0 Å². The van der Waals surface area contributed by atoms with Crippen LogP contribution in [0.1, 0.15) is 39.5 Å². The molecule has 1 fully saturated rings. The van der Waals surface area contributed by atoms with E-state index >= 15 is 0 Å². The molecule has 1 aliphatic rings. The van der Waals surface area contributed by atoms with Crippen LogP contribution in [0.5, 0.6) is 0 Å². The number of rotatable bonds is 8. The normalized spacial score (nSPS) is 22.2. The molecule has 1 amide bonds. The summed E-state index contributed by atoms with van der Waals surface area (Å²) in [5.74, 6) is -0.0518. The van der Waals surface area contributed by atoms with E-state index < -0.39 is 0 Å². The SMILES string of the molecule is CCC1(CC)CC(NC(=O)COCCOC)CCO1. The first-order valence-corrected chi connectivity index (χ1v) is 7.15. The van der Waals surface area contributed by atoms with Gasteiger partial charge in [-0.2, -0.15) is 0 Å². The minimum Gasteiger partial charge on any atom is -0.382 e. The highest BCUT2D eigenvalue weighted by atomic mass is 16.5. The average Bonchev–Trinajstić information content (AvgIpc) is 2.44. The maximum atomic E-state index is 11.7. The van der Waals surface area contributed by atoms with Crippen molar-refractivity contribution in [1.29, 1.82) is 0 Å². The molecule has 0 aliphatic carbocycles. The van der Waals surface area contributed by atoms with Gasteiger partial charge in [0, 0.05) is 19.8 Å². The van der Waals surface area contributed by atoms with E-state index in [9.17, 15) is 4.79 Å². The van der Waals surface area contributed by atoms with Gasteiger partial charge >= 0.3 is 0 Å². The van der Waals surface area contributed by atoms with E-state index in [1.54, 1.807) is 7.11 Å². The van der Waals surface area contributed by atoms with Crippen LogP contribution in [0.4, 0.5) is 0 Å². The van der Waals surface area contributed by atoms with Gasteiger partial charge in [0.05, 0.1) is 18.8 Å². The second-order valence-electron chi connectivity index (χ2n) is 5.04. The third kappa shape index (κ3) is 5.47. The lowest BCUT2D eigenvalue weighted by Crippen LogP contribution is -2.48. The fourth-order valence-corrected chi connectivity index (χ4v) is 2.47. The molecule has 5 nitrogen and oxygen atoms in total. The van der Waals surface area contributed by atoms with Crippen LogP contribution in [-0.2, 0) is 19.0 Å². The number of methoxy groups -OCH3 is 1. The molecule has 0 spiro atoms. The topological polar surface area (TPSA) is 56.8 Å². The number of carbonyl (C=O) groups is 1. The van der Waals surface area contributed by atoms with Crippen molar-refractivity contribution in [2.75, 3.05) is 33.5 Å². The summed E-state index contributed by atoms with van der Waals surface area (Å²) in [6, 6.07) is 0.201. The number of nitrogens with one attached hydrogen (secondary N) is 1. The van der Waals surface area contributed by atoms with E-state index in [-0.39, 0.29) is 24.2 Å². The Balaban J connectivity index is 2.29. The Morgan fingerprint density at radius 1 is 1.37 bits per heavy atom. The van der Waals surface area contributed by atoms with Gasteiger partial charge < -0.3 is 19.5 Å². The van der Waals surface area contributed by atoms with Crippen molar-refractivity contribution in [3.8, 4) is 0 Å². The summed E-state index contributed by atoms with van der Waals surface area (Å²) in [7, 11) is 1.61. The van der Waals surface area contributed by atoms with Crippen LogP contribution < -0.4 is 5.32 Å². The molecule has 0 saturated carbocycles. The van der Waals surface area contributed by atoms with Crippen LogP contribution in [0, 0.1) is 0 Å². The Bertz CT molecular complexity index is 266. The maximum Gasteiger partial charge on any atom is 0.246 e. The fourth-order valence-electron chi connectivity index (χ4n) is 2.47. The number of amides is 1. The van der Waals surface area contributed by atoms with Crippen molar-refractivity contribution in [3.63, 3.8) is 0 Å². The Labute approximate surface area is 116 Å². The van der Waals surface area contributed by atoms with Crippen LogP contribution in [0.25, 0.3) is 0 Å². The molecule has 0 bridgehead atoms. The van der Waals surface area contributed by atoms with Gasteiger partial charge in [0.2, 0.25) is 5.91 Å². The molecule has 1 rings (SSSR count). The van der Waals surface area contributed by atoms with Crippen molar-refractivity contribution in [1.82, 2.24) is 5.32 Å². The van der Waals surface area contributed by atoms with Crippen molar-refractivity contribution >= 4 is 5.91 Å². The van der Waals surface area contributed by atoms with Gasteiger partial charge in [-0.3, -0.25) is 4.79 Å². The Kier molecular flexibility index (Phi) is 7.34. The lowest BCUT2D eigenvalue weighted by molar-refractivity contribution is -0.130. The van der Waals surface area contributed by atoms with E-state index in [1.165, 1.54) is 0 Å².